The van der Waals surface area contributed by atoms with E-state index < -0.39 is 5.91 Å². The summed E-state index contributed by atoms with van der Waals surface area (Å²) in [7, 11) is 0. The van der Waals surface area contributed by atoms with Gasteiger partial charge in [0, 0.05) is 0 Å². The second-order valence-electron chi connectivity index (χ2n) is 4.19. The van der Waals surface area contributed by atoms with Gasteiger partial charge in [-0.25, -0.2) is 9.82 Å². The highest BCUT2D eigenvalue weighted by atomic mass is 35.5. The summed E-state index contributed by atoms with van der Waals surface area (Å²) in [6.07, 6.45) is 1.39. The lowest BCUT2D eigenvalue weighted by Crippen LogP contribution is -2.24. The van der Waals surface area contributed by atoms with Crippen molar-refractivity contribution in [2.45, 2.75) is 0 Å². The van der Waals surface area contributed by atoms with Crippen molar-refractivity contribution >= 4 is 35.3 Å². The first-order valence-electron chi connectivity index (χ1n) is 6.20. The molecule has 114 valence electrons. The molecule has 4 nitrogen and oxygen atoms in total. The molecule has 0 atom stereocenters. The van der Waals surface area contributed by atoms with Gasteiger partial charge >= 0.3 is 0 Å². The number of rotatable bonds is 5. The summed E-state index contributed by atoms with van der Waals surface area (Å²) in [5.74, 6) is -0.491. The zero-order valence-corrected chi connectivity index (χ0v) is 12.7. The summed E-state index contributed by atoms with van der Waals surface area (Å²) in [6.45, 7) is -0.263. The van der Waals surface area contributed by atoms with Crippen molar-refractivity contribution < 1.29 is 13.9 Å². The molecular formula is C15H11Cl2FN2O2. The Balaban J connectivity index is 1.83. The van der Waals surface area contributed by atoms with Gasteiger partial charge in [0.15, 0.2) is 6.61 Å². The summed E-state index contributed by atoms with van der Waals surface area (Å²) in [5.41, 5.74) is 2.94. The molecule has 2 aromatic rings. The summed E-state index contributed by atoms with van der Waals surface area (Å²) in [5, 5.41) is 4.32. The topological polar surface area (TPSA) is 50.7 Å². The monoisotopic (exact) mass is 340 g/mol. The van der Waals surface area contributed by atoms with E-state index >= 15 is 0 Å². The molecule has 0 aliphatic carbocycles. The third-order valence-corrected chi connectivity index (χ3v) is 3.35. The van der Waals surface area contributed by atoms with Crippen LogP contribution in [0.1, 0.15) is 5.56 Å². The SMILES string of the molecule is O=C(COc1cccc(Cl)c1Cl)N/N=C\c1ccc(F)cc1. The minimum Gasteiger partial charge on any atom is -0.482 e. The zero-order valence-electron chi connectivity index (χ0n) is 11.2. The number of halogens is 3. The van der Waals surface area contributed by atoms with Crippen LogP contribution in [0.3, 0.4) is 0 Å². The molecule has 0 heterocycles. The summed E-state index contributed by atoms with van der Waals surface area (Å²) >= 11 is 11.8. The van der Waals surface area contributed by atoms with Crippen molar-refractivity contribution in [3.8, 4) is 5.75 Å². The van der Waals surface area contributed by atoms with E-state index in [1.165, 1.54) is 30.5 Å². The first kappa shape index (κ1) is 16.3. The Kier molecular flexibility index (Phi) is 5.75. The number of nitrogens with zero attached hydrogens (tertiary/aromatic N) is 1. The molecule has 1 N–H and O–H groups in total. The van der Waals surface area contributed by atoms with E-state index in [-0.39, 0.29) is 17.4 Å². The smallest absolute Gasteiger partial charge is 0.277 e. The minimum atomic E-state index is -0.464. The molecule has 0 fully saturated rings. The third-order valence-electron chi connectivity index (χ3n) is 2.55. The molecule has 2 aromatic carbocycles. The Bertz CT molecular complexity index is 690. The molecule has 0 unspecified atom stereocenters. The normalized spacial score (nSPS) is 10.7. The highest BCUT2D eigenvalue weighted by Crippen LogP contribution is 2.31. The molecule has 22 heavy (non-hydrogen) atoms. The van der Waals surface area contributed by atoms with Crippen LogP contribution in [0.15, 0.2) is 47.6 Å². The Labute approximate surface area is 136 Å². The molecule has 0 radical (unpaired) electrons. The maximum Gasteiger partial charge on any atom is 0.277 e. The Morgan fingerprint density at radius 2 is 1.95 bits per heavy atom. The highest BCUT2D eigenvalue weighted by molar-refractivity contribution is 6.42. The zero-order chi connectivity index (χ0) is 15.9. The van der Waals surface area contributed by atoms with Crippen LogP contribution in [-0.4, -0.2) is 18.7 Å². The molecule has 7 heteroatoms. The van der Waals surface area contributed by atoms with E-state index in [2.05, 4.69) is 10.5 Å². The van der Waals surface area contributed by atoms with Gasteiger partial charge in [-0.3, -0.25) is 4.79 Å². The van der Waals surface area contributed by atoms with E-state index in [9.17, 15) is 9.18 Å². The van der Waals surface area contributed by atoms with Gasteiger partial charge in [-0.1, -0.05) is 41.4 Å². The van der Waals surface area contributed by atoms with Crippen LogP contribution >= 0.6 is 23.2 Å². The number of ether oxygens (including phenoxy) is 1. The van der Waals surface area contributed by atoms with Crippen LogP contribution in [0.4, 0.5) is 4.39 Å². The Morgan fingerprint density at radius 3 is 2.68 bits per heavy atom. The lowest BCUT2D eigenvalue weighted by atomic mass is 10.2. The van der Waals surface area contributed by atoms with Crippen molar-refractivity contribution in [1.29, 1.82) is 0 Å². The lowest BCUT2D eigenvalue weighted by molar-refractivity contribution is -0.123. The molecule has 0 spiro atoms. The average Bonchev–Trinajstić information content (AvgIpc) is 2.51. The Morgan fingerprint density at radius 1 is 1.23 bits per heavy atom. The average molecular weight is 341 g/mol. The Hall–Kier alpha value is -2.11. The molecule has 2 rings (SSSR count). The van der Waals surface area contributed by atoms with E-state index in [4.69, 9.17) is 27.9 Å². The van der Waals surface area contributed by atoms with Gasteiger partial charge in [0.2, 0.25) is 0 Å². The number of amides is 1. The largest absolute Gasteiger partial charge is 0.482 e. The van der Waals surface area contributed by atoms with Gasteiger partial charge < -0.3 is 4.74 Å². The lowest BCUT2D eigenvalue weighted by Gasteiger charge is -2.07. The van der Waals surface area contributed by atoms with Crippen LogP contribution < -0.4 is 10.2 Å². The van der Waals surface area contributed by atoms with E-state index in [0.29, 0.717) is 16.3 Å². The first-order chi connectivity index (χ1) is 10.6. The van der Waals surface area contributed by atoms with Crippen molar-refractivity contribution in [3.05, 3.63) is 63.9 Å². The molecular weight excluding hydrogens is 330 g/mol. The number of benzene rings is 2. The standard InChI is InChI=1S/C15H11Cl2FN2O2/c16-12-2-1-3-13(15(12)17)22-9-14(21)20-19-8-10-4-6-11(18)7-5-10/h1-8H,9H2,(H,20,21)/b19-8-. The number of carbonyl (C=O) groups is 1. The molecule has 1 amide bonds. The van der Waals surface area contributed by atoms with Crippen LogP contribution in [0, 0.1) is 5.82 Å². The summed E-state index contributed by atoms with van der Waals surface area (Å²) in [6, 6.07) is 10.5. The van der Waals surface area contributed by atoms with Crippen molar-refractivity contribution in [1.82, 2.24) is 5.43 Å². The molecule has 0 aliphatic heterocycles. The van der Waals surface area contributed by atoms with Gasteiger partial charge in [0.1, 0.15) is 16.6 Å². The van der Waals surface area contributed by atoms with Gasteiger partial charge in [0.25, 0.3) is 5.91 Å². The molecule has 0 saturated heterocycles. The molecule has 0 aromatic heterocycles. The second-order valence-corrected chi connectivity index (χ2v) is 4.97. The van der Waals surface area contributed by atoms with Crippen molar-refractivity contribution in [2.24, 2.45) is 5.10 Å². The van der Waals surface area contributed by atoms with E-state index in [1.54, 1.807) is 18.2 Å². The van der Waals surface area contributed by atoms with Gasteiger partial charge in [0.05, 0.1) is 11.2 Å². The van der Waals surface area contributed by atoms with Crippen molar-refractivity contribution in [3.63, 3.8) is 0 Å². The van der Waals surface area contributed by atoms with Crippen molar-refractivity contribution in [2.75, 3.05) is 6.61 Å². The van der Waals surface area contributed by atoms with Crippen LogP contribution in [0.5, 0.6) is 5.75 Å². The van der Waals surface area contributed by atoms with Crippen LogP contribution in [-0.2, 0) is 4.79 Å². The van der Waals surface area contributed by atoms with Crippen LogP contribution in [0.25, 0.3) is 0 Å². The predicted molar refractivity (Wildman–Crippen MR) is 84.1 cm³/mol. The fourth-order valence-electron chi connectivity index (χ4n) is 1.50. The maximum absolute atomic E-state index is 12.7. The number of hydrazone groups is 1. The predicted octanol–water partition coefficient (Wildman–Crippen LogP) is 3.66. The fourth-order valence-corrected chi connectivity index (χ4v) is 1.85. The fraction of sp³-hybridized carbons (Fsp3) is 0.0667. The second kappa shape index (κ2) is 7.77. The first-order valence-corrected chi connectivity index (χ1v) is 6.96. The summed E-state index contributed by atoms with van der Waals surface area (Å²) < 4.78 is 18.0. The van der Waals surface area contributed by atoms with Gasteiger partial charge in [-0.05, 0) is 29.8 Å². The number of hydrogen-bond donors (Lipinski definition) is 1. The minimum absolute atomic E-state index is 0.242. The third kappa shape index (κ3) is 4.72. The van der Waals surface area contributed by atoms with E-state index in [1.807, 2.05) is 0 Å². The number of nitrogens with one attached hydrogen (secondary N) is 1. The number of hydrogen-bond acceptors (Lipinski definition) is 3. The molecule has 0 saturated carbocycles. The van der Waals surface area contributed by atoms with Gasteiger partial charge in [-0.15, -0.1) is 0 Å². The van der Waals surface area contributed by atoms with Gasteiger partial charge in [-0.2, -0.15) is 5.10 Å². The van der Waals surface area contributed by atoms with E-state index in [0.717, 1.165) is 0 Å². The molecule has 0 bridgehead atoms. The quantitative estimate of drug-likeness (QED) is 0.667. The molecule has 0 aliphatic rings. The number of carbonyl (C=O) groups excluding carboxylic acids is 1. The van der Waals surface area contributed by atoms with Crippen LogP contribution in [0.2, 0.25) is 10.0 Å². The summed E-state index contributed by atoms with van der Waals surface area (Å²) in [4.78, 5) is 11.6. The highest BCUT2D eigenvalue weighted by Gasteiger charge is 2.07. The maximum atomic E-state index is 12.7.